The van der Waals surface area contributed by atoms with Crippen molar-refractivity contribution in [2.75, 3.05) is 13.2 Å². The SMILES string of the molecule is CC(C)[Si](OCC#CC1=C[C@@H]2C[C@@]3(OC(=O)C=C13)[C@H]1CCCCN21)(C(C)C)C(C)C. The van der Waals surface area contributed by atoms with E-state index in [9.17, 15) is 4.79 Å². The zero-order chi connectivity index (χ0) is 21.7. The number of fused-ring (bicyclic) bond motifs is 3. The van der Waals surface area contributed by atoms with Crippen molar-refractivity contribution in [2.24, 2.45) is 0 Å². The number of carbonyl (C=O) groups is 1. The van der Waals surface area contributed by atoms with E-state index in [2.05, 4.69) is 64.4 Å². The molecule has 2 fully saturated rings. The van der Waals surface area contributed by atoms with Crippen LogP contribution in [0.25, 0.3) is 0 Å². The second-order valence-corrected chi connectivity index (χ2v) is 15.8. The first-order chi connectivity index (χ1) is 14.2. The maximum absolute atomic E-state index is 12.3. The van der Waals surface area contributed by atoms with Gasteiger partial charge in [-0.05, 0) is 36.0 Å². The van der Waals surface area contributed by atoms with Gasteiger partial charge in [-0.15, -0.1) is 0 Å². The van der Waals surface area contributed by atoms with Crippen LogP contribution in [0.3, 0.4) is 0 Å². The van der Waals surface area contributed by atoms with Crippen LogP contribution < -0.4 is 0 Å². The molecule has 3 aliphatic heterocycles. The van der Waals surface area contributed by atoms with E-state index in [4.69, 9.17) is 9.16 Å². The fraction of sp³-hybridized carbons (Fsp3) is 0.720. The zero-order valence-electron chi connectivity index (χ0n) is 19.5. The molecule has 3 heterocycles. The van der Waals surface area contributed by atoms with Crippen LogP contribution in [-0.4, -0.2) is 50.0 Å². The van der Waals surface area contributed by atoms with Gasteiger partial charge >= 0.3 is 5.97 Å². The Bertz CT molecular complexity index is 809. The summed E-state index contributed by atoms with van der Waals surface area (Å²) in [5.74, 6) is 6.51. The monoisotopic (exact) mass is 427 g/mol. The molecule has 0 aromatic carbocycles. The third-order valence-corrected chi connectivity index (χ3v) is 14.1. The van der Waals surface area contributed by atoms with Crippen LogP contribution in [0.5, 0.6) is 0 Å². The van der Waals surface area contributed by atoms with Gasteiger partial charge in [0.2, 0.25) is 8.32 Å². The van der Waals surface area contributed by atoms with E-state index in [0.29, 0.717) is 35.3 Å². The molecule has 3 atom stereocenters. The van der Waals surface area contributed by atoms with Crippen LogP contribution in [0.15, 0.2) is 23.3 Å². The Labute approximate surface area is 183 Å². The lowest BCUT2D eigenvalue weighted by Crippen LogP contribution is -2.48. The van der Waals surface area contributed by atoms with Gasteiger partial charge in [0.1, 0.15) is 0 Å². The maximum Gasteiger partial charge on any atom is 0.332 e. The van der Waals surface area contributed by atoms with E-state index in [1.165, 1.54) is 12.8 Å². The van der Waals surface area contributed by atoms with Crippen LogP contribution in [0.1, 0.15) is 67.2 Å². The largest absolute Gasteiger partial charge is 0.449 e. The number of piperidine rings is 1. The highest BCUT2D eigenvalue weighted by atomic mass is 28.4. The summed E-state index contributed by atoms with van der Waals surface area (Å²) in [6, 6.07) is 0.641. The molecule has 4 rings (SSSR count). The van der Waals surface area contributed by atoms with Crippen molar-refractivity contribution in [1.82, 2.24) is 4.90 Å². The summed E-state index contributed by atoms with van der Waals surface area (Å²) in [6.45, 7) is 15.3. The number of esters is 1. The van der Waals surface area contributed by atoms with Gasteiger partial charge in [0, 0.05) is 29.7 Å². The zero-order valence-corrected chi connectivity index (χ0v) is 20.5. The highest BCUT2D eigenvalue weighted by Crippen LogP contribution is 2.53. The van der Waals surface area contributed by atoms with Gasteiger partial charge < -0.3 is 9.16 Å². The van der Waals surface area contributed by atoms with Gasteiger partial charge in [0.05, 0.1) is 12.6 Å². The first-order valence-electron chi connectivity index (χ1n) is 11.8. The van der Waals surface area contributed by atoms with E-state index >= 15 is 0 Å². The van der Waals surface area contributed by atoms with Gasteiger partial charge in [0.15, 0.2) is 5.60 Å². The van der Waals surface area contributed by atoms with Crippen LogP contribution in [0.4, 0.5) is 0 Å². The van der Waals surface area contributed by atoms with Crippen LogP contribution in [0.2, 0.25) is 16.6 Å². The number of rotatable bonds is 5. The second-order valence-electron chi connectivity index (χ2n) is 10.4. The lowest BCUT2D eigenvalue weighted by molar-refractivity contribution is -0.148. The molecular formula is C25H37NO3Si. The molecule has 1 aliphatic carbocycles. The third-order valence-electron chi connectivity index (χ3n) is 8.00. The molecule has 2 bridgehead atoms. The van der Waals surface area contributed by atoms with Crippen molar-refractivity contribution < 1.29 is 14.0 Å². The molecule has 0 N–H and O–H groups in total. The van der Waals surface area contributed by atoms with Crippen molar-refractivity contribution in [2.45, 2.75) is 102 Å². The molecule has 4 nitrogen and oxygen atoms in total. The molecular weight excluding hydrogens is 390 g/mol. The molecule has 1 spiro atoms. The predicted molar refractivity (Wildman–Crippen MR) is 123 cm³/mol. The van der Waals surface area contributed by atoms with Gasteiger partial charge in [-0.1, -0.05) is 65.9 Å². The number of hydrogen-bond acceptors (Lipinski definition) is 4. The van der Waals surface area contributed by atoms with Crippen LogP contribution in [-0.2, 0) is 14.0 Å². The Morgan fingerprint density at radius 1 is 1.20 bits per heavy atom. The summed E-state index contributed by atoms with van der Waals surface area (Å²) in [7, 11) is -1.92. The lowest BCUT2D eigenvalue weighted by atomic mass is 9.77. The topological polar surface area (TPSA) is 38.8 Å². The standard InChI is InChI=1S/C25H37NO3Si/c1-17(2)30(18(3)4,19(5)6)28-13-9-10-20-14-21-16-25(22(20)15-24(27)29-25)23-11-7-8-12-26(21)23/h14-15,17-19,21,23H,7-8,11-13,16H2,1-6H3/t21-,23-,25+/m1/s1. The van der Waals surface area contributed by atoms with Crippen molar-refractivity contribution in [3.05, 3.63) is 23.3 Å². The summed E-state index contributed by atoms with van der Waals surface area (Å²) in [5.41, 5.74) is 3.19. The van der Waals surface area contributed by atoms with Crippen molar-refractivity contribution >= 4 is 14.3 Å². The van der Waals surface area contributed by atoms with E-state index in [1.807, 2.05) is 0 Å². The lowest BCUT2D eigenvalue weighted by Gasteiger charge is -2.41. The Balaban J connectivity index is 1.57. The summed E-state index contributed by atoms with van der Waals surface area (Å²) in [6.07, 6.45) is 8.41. The maximum atomic E-state index is 12.3. The van der Waals surface area contributed by atoms with Crippen LogP contribution >= 0.6 is 0 Å². The fourth-order valence-corrected chi connectivity index (χ4v) is 12.3. The number of ether oxygens (including phenoxy) is 1. The molecule has 0 unspecified atom stereocenters. The molecule has 0 saturated carbocycles. The third kappa shape index (κ3) is 3.23. The summed E-state index contributed by atoms with van der Waals surface area (Å²) >= 11 is 0. The molecule has 0 aromatic rings. The van der Waals surface area contributed by atoms with E-state index in [0.717, 1.165) is 30.5 Å². The number of hydrogen-bond donors (Lipinski definition) is 0. The minimum absolute atomic E-state index is 0.201. The van der Waals surface area contributed by atoms with E-state index in [1.54, 1.807) is 6.08 Å². The molecule has 164 valence electrons. The average molecular weight is 428 g/mol. The van der Waals surface area contributed by atoms with Gasteiger partial charge in [-0.3, -0.25) is 4.90 Å². The molecule has 5 heteroatoms. The highest BCUT2D eigenvalue weighted by Gasteiger charge is 2.61. The Morgan fingerprint density at radius 2 is 1.90 bits per heavy atom. The predicted octanol–water partition coefficient (Wildman–Crippen LogP) is 4.97. The summed E-state index contributed by atoms with van der Waals surface area (Å²) in [4.78, 5) is 14.8. The van der Waals surface area contributed by atoms with Crippen molar-refractivity contribution in [1.29, 1.82) is 0 Å². The summed E-state index contributed by atoms with van der Waals surface area (Å²) in [5, 5.41) is 0. The molecule has 30 heavy (non-hydrogen) atoms. The first-order valence-corrected chi connectivity index (χ1v) is 13.9. The van der Waals surface area contributed by atoms with E-state index in [-0.39, 0.29) is 5.97 Å². The smallest absolute Gasteiger partial charge is 0.332 e. The number of carbonyl (C=O) groups excluding carboxylic acids is 1. The molecule has 0 aromatic heterocycles. The molecule has 4 aliphatic rings. The van der Waals surface area contributed by atoms with Gasteiger partial charge in [-0.2, -0.15) is 0 Å². The molecule has 0 amide bonds. The summed E-state index contributed by atoms with van der Waals surface area (Å²) < 4.78 is 12.6. The Hall–Kier alpha value is -1.35. The molecule has 0 radical (unpaired) electrons. The van der Waals surface area contributed by atoms with Gasteiger partial charge in [0.25, 0.3) is 0 Å². The van der Waals surface area contributed by atoms with Gasteiger partial charge in [-0.25, -0.2) is 4.79 Å². The Kier molecular flexibility index (Phi) is 5.80. The Morgan fingerprint density at radius 3 is 2.57 bits per heavy atom. The minimum Gasteiger partial charge on any atom is -0.449 e. The van der Waals surface area contributed by atoms with Crippen molar-refractivity contribution in [3.63, 3.8) is 0 Å². The first kappa shape index (κ1) is 21.9. The van der Waals surface area contributed by atoms with Crippen molar-refractivity contribution in [3.8, 4) is 11.8 Å². The minimum atomic E-state index is -1.92. The second kappa shape index (κ2) is 7.96. The highest BCUT2D eigenvalue weighted by molar-refractivity contribution is 6.77. The average Bonchev–Trinajstić information content (AvgIpc) is 3.16. The van der Waals surface area contributed by atoms with E-state index < -0.39 is 13.9 Å². The molecule has 2 saturated heterocycles. The normalized spacial score (nSPS) is 30.6. The number of nitrogens with zero attached hydrogens (tertiary/aromatic N) is 1. The fourth-order valence-electron chi connectivity index (χ4n) is 6.96. The van der Waals surface area contributed by atoms with Crippen LogP contribution in [0, 0.1) is 11.8 Å². The quantitative estimate of drug-likeness (QED) is 0.353.